The number of halogens is 3. The standard InChI is InChI=1S/C28H24Cl3N3O5S2/c1-18-6-12-23(13-7-18)41(38,39)34(26-5-3-4-24(30)28(26)31)17-27(35)32-21-10-14-22(15-11-21)40(36,37)33-25-16-20(29)9-8-19(25)2/h3-16,33H,17H2,1-2H3,(H,32,35). The average molecular weight is 653 g/mol. The molecule has 0 saturated carbocycles. The van der Waals surface area contributed by atoms with Crippen LogP contribution < -0.4 is 14.3 Å². The summed E-state index contributed by atoms with van der Waals surface area (Å²) < 4.78 is 56.4. The van der Waals surface area contributed by atoms with Crippen LogP contribution in [0.4, 0.5) is 17.1 Å². The number of benzene rings is 4. The maximum atomic E-state index is 13.6. The Morgan fingerprint density at radius 1 is 0.805 bits per heavy atom. The van der Waals surface area contributed by atoms with Crippen LogP contribution in [0.3, 0.4) is 0 Å². The summed E-state index contributed by atoms with van der Waals surface area (Å²) >= 11 is 18.5. The number of anilines is 3. The van der Waals surface area contributed by atoms with Crippen LogP contribution in [0.15, 0.2) is 94.7 Å². The molecule has 0 bridgehead atoms. The van der Waals surface area contributed by atoms with Crippen molar-refractivity contribution in [3.63, 3.8) is 0 Å². The minimum atomic E-state index is -4.23. The third kappa shape index (κ3) is 7.14. The van der Waals surface area contributed by atoms with Crippen molar-refractivity contribution < 1.29 is 21.6 Å². The van der Waals surface area contributed by atoms with E-state index < -0.39 is 32.5 Å². The van der Waals surface area contributed by atoms with Crippen molar-refractivity contribution in [1.82, 2.24) is 0 Å². The van der Waals surface area contributed by atoms with Crippen LogP contribution in [0, 0.1) is 13.8 Å². The zero-order chi connectivity index (χ0) is 29.9. The van der Waals surface area contributed by atoms with Crippen molar-refractivity contribution in [3.8, 4) is 0 Å². The van der Waals surface area contributed by atoms with Crippen molar-refractivity contribution in [2.45, 2.75) is 23.6 Å². The molecule has 214 valence electrons. The number of hydrogen-bond donors (Lipinski definition) is 2. The van der Waals surface area contributed by atoms with Gasteiger partial charge in [-0.3, -0.25) is 13.8 Å². The summed E-state index contributed by atoms with van der Waals surface area (Å²) in [6.45, 7) is 2.93. The van der Waals surface area contributed by atoms with Gasteiger partial charge < -0.3 is 5.32 Å². The van der Waals surface area contributed by atoms with Crippen LogP contribution in [-0.4, -0.2) is 29.3 Å². The first-order chi connectivity index (χ1) is 19.3. The second-order valence-electron chi connectivity index (χ2n) is 9.03. The summed E-state index contributed by atoms with van der Waals surface area (Å²) in [5.41, 5.74) is 2.16. The molecule has 4 rings (SSSR count). The third-order valence-electron chi connectivity index (χ3n) is 5.99. The van der Waals surface area contributed by atoms with Crippen LogP contribution in [0.2, 0.25) is 15.1 Å². The highest BCUT2D eigenvalue weighted by molar-refractivity contribution is 7.93. The van der Waals surface area contributed by atoms with Crippen molar-refractivity contribution in [3.05, 3.63) is 111 Å². The van der Waals surface area contributed by atoms with E-state index in [4.69, 9.17) is 34.8 Å². The van der Waals surface area contributed by atoms with E-state index in [1.54, 1.807) is 31.2 Å². The van der Waals surface area contributed by atoms with Crippen molar-refractivity contribution in [2.24, 2.45) is 0 Å². The minimum absolute atomic E-state index is 0.0266. The highest BCUT2D eigenvalue weighted by Gasteiger charge is 2.29. The van der Waals surface area contributed by atoms with Gasteiger partial charge in [-0.05, 0) is 80.1 Å². The molecule has 4 aromatic rings. The first-order valence-electron chi connectivity index (χ1n) is 12.0. The van der Waals surface area contributed by atoms with Gasteiger partial charge in [-0.15, -0.1) is 0 Å². The Morgan fingerprint density at radius 3 is 2.10 bits per heavy atom. The number of carbonyl (C=O) groups excluding carboxylic acids is 1. The molecular formula is C28H24Cl3N3O5S2. The summed E-state index contributed by atoms with van der Waals surface area (Å²) in [7, 11) is -8.18. The quantitative estimate of drug-likeness (QED) is 0.204. The largest absolute Gasteiger partial charge is 0.325 e. The van der Waals surface area contributed by atoms with E-state index in [2.05, 4.69) is 10.0 Å². The van der Waals surface area contributed by atoms with E-state index in [1.807, 2.05) is 6.92 Å². The predicted octanol–water partition coefficient (Wildman–Crippen LogP) is 6.90. The molecular weight excluding hydrogens is 629 g/mol. The van der Waals surface area contributed by atoms with Gasteiger partial charge in [-0.1, -0.05) is 64.6 Å². The van der Waals surface area contributed by atoms with Crippen molar-refractivity contribution in [2.75, 3.05) is 20.9 Å². The maximum absolute atomic E-state index is 13.6. The van der Waals surface area contributed by atoms with Gasteiger partial charge in [0, 0.05) is 10.7 Å². The van der Waals surface area contributed by atoms with E-state index in [-0.39, 0.29) is 31.2 Å². The first kappa shape index (κ1) is 30.7. The molecule has 2 N–H and O–H groups in total. The highest BCUT2D eigenvalue weighted by Crippen LogP contribution is 2.35. The molecule has 0 fully saturated rings. The lowest BCUT2D eigenvalue weighted by molar-refractivity contribution is -0.114. The molecule has 0 aliphatic heterocycles. The number of nitrogens with one attached hydrogen (secondary N) is 2. The molecule has 0 aliphatic rings. The second-order valence-corrected chi connectivity index (χ2v) is 13.8. The maximum Gasteiger partial charge on any atom is 0.264 e. The molecule has 8 nitrogen and oxygen atoms in total. The summed E-state index contributed by atoms with van der Waals surface area (Å²) in [4.78, 5) is 13.0. The van der Waals surface area contributed by atoms with E-state index in [0.717, 1.165) is 9.87 Å². The minimum Gasteiger partial charge on any atom is -0.325 e. The summed E-state index contributed by atoms with van der Waals surface area (Å²) in [5.74, 6) is -0.694. The number of aryl methyl sites for hydroxylation is 2. The van der Waals surface area contributed by atoms with Crippen LogP contribution in [0.1, 0.15) is 11.1 Å². The van der Waals surface area contributed by atoms with Gasteiger partial charge in [0.05, 0.1) is 31.2 Å². The van der Waals surface area contributed by atoms with Crippen LogP contribution in [0.5, 0.6) is 0 Å². The zero-order valence-electron chi connectivity index (χ0n) is 21.7. The van der Waals surface area contributed by atoms with E-state index in [9.17, 15) is 21.6 Å². The first-order valence-corrected chi connectivity index (χ1v) is 16.1. The number of nitrogens with zero attached hydrogens (tertiary/aromatic N) is 1. The Kier molecular flexibility index (Phi) is 9.20. The fourth-order valence-electron chi connectivity index (χ4n) is 3.78. The molecule has 0 atom stereocenters. The fraction of sp³-hybridized carbons (Fsp3) is 0.107. The summed E-state index contributed by atoms with van der Waals surface area (Å²) in [6, 6.07) is 20.9. The van der Waals surface area contributed by atoms with Gasteiger partial charge in [0.15, 0.2) is 0 Å². The molecule has 0 radical (unpaired) electrons. The van der Waals surface area contributed by atoms with Crippen LogP contribution >= 0.6 is 34.8 Å². The Balaban J connectivity index is 1.57. The van der Waals surface area contributed by atoms with E-state index in [0.29, 0.717) is 16.3 Å². The second kappa shape index (κ2) is 12.3. The Morgan fingerprint density at radius 2 is 1.44 bits per heavy atom. The molecule has 4 aromatic carbocycles. The molecule has 0 aromatic heterocycles. The molecule has 0 heterocycles. The Hall–Kier alpha value is -3.28. The molecule has 0 spiro atoms. The normalized spacial score (nSPS) is 11.6. The van der Waals surface area contributed by atoms with Crippen molar-refractivity contribution >= 4 is 77.8 Å². The number of carbonyl (C=O) groups is 1. The lowest BCUT2D eigenvalue weighted by Gasteiger charge is -2.25. The zero-order valence-corrected chi connectivity index (χ0v) is 25.6. The van der Waals surface area contributed by atoms with E-state index >= 15 is 0 Å². The van der Waals surface area contributed by atoms with Gasteiger partial charge in [-0.2, -0.15) is 0 Å². The highest BCUT2D eigenvalue weighted by atomic mass is 35.5. The number of sulfonamides is 2. The Bertz CT molecular complexity index is 1810. The third-order valence-corrected chi connectivity index (χ3v) is 10.2. The van der Waals surface area contributed by atoms with Crippen LogP contribution in [-0.2, 0) is 24.8 Å². The monoisotopic (exact) mass is 651 g/mol. The molecule has 1 amide bonds. The molecule has 41 heavy (non-hydrogen) atoms. The topological polar surface area (TPSA) is 113 Å². The molecule has 0 aliphatic carbocycles. The average Bonchev–Trinajstić information content (AvgIpc) is 2.91. The van der Waals surface area contributed by atoms with Gasteiger partial charge in [0.25, 0.3) is 20.0 Å². The number of rotatable bonds is 9. The Labute approximate surface area is 254 Å². The van der Waals surface area contributed by atoms with Gasteiger partial charge in [-0.25, -0.2) is 16.8 Å². The van der Waals surface area contributed by atoms with Gasteiger partial charge in [0.1, 0.15) is 6.54 Å². The summed E-state index contributed by atoms with van der Waals surface area (Å²) in [6.07, 6.45) is 0. The van der Waals surface area contributed by atoms with Gasteiger partial charge >= 0.3 is 0 Å². The lowest BCUT2D eigenvalue weighted by atomic mass is 10.2. The van der Waals surface area contributed by atoms with Crippen LogP contribution in [0.25, 0.3) is 0 Å². The predicted molar refractivity (Wildman–Crippen MR) is 164 cm³/mol. The smallest absolute Gasteiger partial charge is 0.264 e. The van der Waals surface area contributed by atoms with E-state index in [1.165, 1.54) is 60.7 Å². The fourth-order valence-corrected chi connectivity index (χ4v) is 6.95. The number of amides is 1. The lowest BCUT2D eigenvalue weighted by Crippen LogP contribution is -2.38. The number of hydrogen-bond acceptors (Lipinski definition) is 5. The SMILES string of the molecule is Cc1ccc(S(=O)(=O)N(CC(=O)Nc2ccc(S(=O)(=O)Nc3cc(Cl)ccc3C)cc2)c2cccc(Cl)c2Cl)cc1. The molecule has 0 unspecified atom stereocenters. The molecule has 0 saturated heterocycles. The molecule has 13 heteroatoms. The summed E-state index contributed by atoms with van der Waals surface area (Å²) in [5, 5.41) is 3.06. The van der Waals surface area contributed by atoms with Gasteiger partial charge in [0.2, 0.25) is 5.91 Å². The van der Waals surface area contributed by atoms with Crippen molar-refractivity contribution in [1.29, 1.82) is 0 Å².